The molecule has 0 saturated heterocycles. The zero-order valence-corrected chi connectivity index (χ0v) is 83.7. The molecule has 13 rings (SSSR count). The highest BCUT2D eigenvalue weighted by Gasteiger charge is 2.42. The van der Waals surface area contributed by atoms with Gasteiger partial charge in [-0.2, -0.15) is 0 Å². The molecule has 0 bridgehead atoms. The smallest absolute Gasteiger partial charge is 0.139 e. The summed E-state index contributed by atoms with van der Waals surface area (Å²) < 4.78 is 188. The summed E-state index contributed by atoms with van der Waals surface area (Å²) in [5.74, 6) is 2.36. The Morgan fingerprint density at radius 2 is 0.519 bits per heavy atom. The standard InChI is InChI=1S/C58H76N4OP2.C43H40O17P2S4/c1-11-59(12-2)41-47-21-29-51(30-22-47)64(52-31-23-48(24-32-52)42-60(13-3)14-4)57-39-45(9)19-37-55(57)63-56-38-20-46(10)40-58(56)65(53-33-25-49(26-34-53)43-61(15-5)16-6)54-35-27-50(28-36-54)44-62(17-7)18-8;1-43(2)29-9-7-11-35(61(37-21-25(63(44,45)46)13-17-31(37)56-3)38-22-26(64(47,48)49)14-18-32(38)57-4)41(29)60-42-30(43)10-8-12-36(42)62(39-23-27(65(50,51)52)15-19-33(39)58-5)40-24-28(66(53,54)55)16-20-34(40)59-6/h19-40H,11-18,41-44H2,1-10H3;7-24H,1-6H3,(H,44,45,46)(H,47,48,49)(H,50,51,52)(H,53,54,55). The first-order chi connectivity index (χ1) is 62.5. The molecular formula is C101H116N4O18P4S4. The van der Waals surface area contributed by atoms with Crippen LogP contribution in [0.15, 0.2) is 262 Å². The molecule has 30 heteroatoms. The fraction of sp³-hybridized carbons (Fsp3) is 0.287. The zero-order chi connectivity index (χ0) is 94.6. The minimum atomic E-state index is -5.11. The molecule has 12 aromatic rings. The number of hydrogen-bond donors (Lipinski definition) is 4. The lowest BCUT2D eigenvalue weighted by molar-refractivity contribution is -0.910. The van der Waals surface area contributed by atoms with Crippen molar-refractivity contribution in [3.05, 3.63) is 287 Å². The van der Waals surface area contributed by atoms with Crippen LogP contribution in [-0.4, -0.2) is 133 Å². The maximum absolute atomic E-state index is 12.5. The third kappa shape index (κ3) is 23.5. The maximum atomic E-state index is 12.5. The van der Waals surface area contributed by atoms with E-state index < -0.39 is 97.2 Å². The van der Waals surface area contributed by atoms with Crippen LogP contribution in [0, 0.1) is 13.8 Å². The number of hydrogen-bond acceptors (Lipinski definition) is 18. The number of methoxy groups -OCH3 is 4. The van der Waals surface area contributed by atoms with E-state index in [0.717, 1.165) is 139 Å². The lowest BCUT2D eigenvalue weighted by Crippen LogP contribution is -3.10. The van der Waals surface area contributed by atoms with E-state index in [2.05, 4.69) is 203 Å². The van der Waals surface area contributed by atoms with Gasteiger partial charge in [-0.25, -0.2) is 33.7 Å². The molecule has 0 fully saturated rings. The van der Waals surface area contributed by atoms with Crippen LogP contribution in [0.2, 0.25) is 0 Å². The van der Waals surface area contributed by atoms with Gasteiger partial charge in [0.05, 0.1) is 100 Å². The average molecular weight is 1930 g/mol. The van der Waals surface area contributed by atoms with Crippen molar-refractivity contribution in [1.82, 2.24) is 0 Å². The first kappa shape index (κ1) is 101. The van der Waals surface area contributed by atoms with Gasteiger partial charge < -0.3 is 66.2 Å². The van der Waals surface area contributed by atoms with Gasteiger partial charge in [-0.05, 0) is 219 Å². The van der Waals surface area contributed by atoms with Crippen molar-refractivity contribution in [2.24, 2.45) is 0 Å². The molecule has 12 aromatic carbocycles. The van der Waals surface area contributed by atoms with Gasteiger partial charge in [0.25, 0.3) is 0 Å². The molecule has 131 heavy (non-hydrogen) atoms. The summed E-state index contributed by atoms with van der Waals surface area (Å²) in [5, 5.41) is 8.72. The van der Waals surface area contributed by atoms with Crippen LogP contribution in [0.5, 0.6) is 46.0 Å². The molecule has 0 spiro atoms. The van der Waals surface area contributed by atoms with Crippen LogP contribution in [0.3, 0.4) is 0 Å². The summed E-state index contributed by atoms with van der Waals surface area (Å²) in [6.07, 6.45) is 0. The molecule has 1 aliphatic rings. The van der Waals surface area contributed by atoms with Crippen LogP contribution >= 0.6 is 31.7 Å². The molecular weight excluding hydrogens is 1810 g/mol. The Morgan fingerprint density at radius 3 is 0.740 bits per heavy atom. The van der Waals surface area contributed by atoms with E-state index in [4.69, 9.17) is 28.4 Å². The van der Waals surface area contributed by atoms with Gasteiger partial charge in [-0.1, -0.05) is 171 Å². The Bertz CT molecular complexity index is 5850. The van der Waals surface area contributed by atoms with E-state index in [1.807, 2.05) is 13.8 Å². The molecule has 0 aromatic heterocycles. The summed E-state index contributed by atoms with van der Waals surface area (Å²) >= 11 is 0. The van der Waals surface area contributed by atoms with Crippen molar-refractivity contribution in [3.63, 3.8) is 0 Å². The monoisotopic (exact) mass is 1920 g/mol. The van der Waals surface area contributed by atoms with E-state index in [-0.39, 0.29) is 66.3 Å². The summed E-state index contributed by atoms with van der Waals surface area (Å²) in [6, 6.07) is 75.5. The molecule has 0 amide bonds. The lowest BCUT2D eigenvalue weighted by atomic mass is 9.76. The van der Waals surface area contributed by atoms with E-state index in [9.17, 15) is 51.9 Å². The maximum Gasteiger partial charge on any atom is 0.139 e. The predicted molar refractivity (Wildman–Crippen MR) is 523 cm³/mol. The number of para-hydroxylation sites is 2. The summed E-state index contributed by atoms with van der Waals surface area (Å²) in [4.78, 5) is 3.76. The number of nitrogens with one attached hydrogen (secondary N) is 4. The van der Waals surface area contributed by atoms with Crippen LogP contribution in [0.4, 0.5) is 0 Å². The Morgan fingerprint density at radius 1 is 0.290 bits per heavy atom. The van der Waals surface area contributed by atoms with E-state index in [1.165, 1.54) is 118 Å². The van der Waals surface area contributed by atoms with Gasteiger partial charge >= 0.3 is 0 Å². The number of aryl methyl sites for hydroxylation is 2. The van der Waals surface area contributed by atoms with Gasteiger partial charge in [0.15, 0.2) is 0 Å². The summed E-state index contributed by atoms with van der Waals surface area (Å²) in [7, 11) is -21.9. The number of benzene rings is 12. The second-order valence-corrected chi connectivity index (χ2v) is 46.9. The quantitative estimate of drug-likeness (QED) is 0.0208. The van der Waals surface area contributed by atoms with Gasteiger partial charge in [0.1, 0.15) is 113 Å². The van der Waals surface area contributed by atoms with Crippen LogP contribution < -0.4 is 112 Å². The van der Waals surface area contributed by atoms with Crippen LogP contribution in [0.1, 0.15) is 114 Å². The molecule has 4 N–H and O–H groups in total. The fourth-order valence-electron chi connectivity index (χ4n) is 16.6. The van der Waals surface area contributed by atoms with Crippen molar-refractivity contribution in [2.75, 3.05) is 80.8 Å². The van der Waals surface area contributed by atoms with Gasteiger partial charge in [0.2, 0.25) is 0 Å². The van der Waals surface area contributed by atoms with Gasteiger partial charge in [0, 0.05) is 81.2 Å². The van der Waals surface area contributed by atoms with Gasteiger partial charge in [-0.15, -0.1) is 0 Å². The first-order valence-electron chi connectivity index (χ1n) is 43.8. The van der Waals surface area contributed by atoms with Crippen molar-refractivity contribution in [1.29, 1.82) is 0 Å². The normalized spacial score (nSPS) is 12.8. The number of quaternary nitrogens is 4. The molecule has 692 valence electrons. The van der Waals surface area contributed by atoms with Crippen molar-refractivity contribution in [2.45, 2.75) is 134 Å². The van der Waals surface area contributed by atoms with Crippen molar-refractivity contribution in [3.8, 4) is 46.0 Å². The molecule has 1 aliphatic heterocycles. The number of ether oxygens (including phenoxy) is 6. The highest BCUT2D eigenvalue weighted by molar-refractivity contribution is 7.87. The Hall–Kier alpha value is -9.36. The lowest BCUT2D eigenvalue weighted by Gasteiger charge is -2.39. The topological polar surface area (TPSA) is 302 Å². The van der Waals surface area contributed by atoms with Crippen LogP contribution in [-0.2, 0) is 72.1 Å². The highest BCUT2D eigenvalue weighted by Crippen LogP contribution is 2.55. The molecule has 0 radical (unpaired) electrons. The average Bonchev–Trinajstić information content (AvgIpc) is 0.715. The highest BCUT2D eigenvalue weighted by atomic mass is 32.2. The molecule has 0 unspecified atom stereocenters. The van der Waals surface area contributed by atoms with E-state index in [0.29, 0.717) is 11.1 Å². The van der Waals surface area contributed by atoms with Crippen molar-refractivity contribution < 1.29 is 99.9 Å². The second-order valence-electron chi connectivity index (χ2n) is 32.8. The zero-order valence-electron chi connectivity index (χ0n) is 76.8. The number of rotatable bonds is 38. The number of fused-ring (bicyclic) bond motifs is 2. The molecule has 0 atom stereocenters. The third-order valence-corrected chi connectivity index (χ3v) is 37.5. The Balaban J connectivity index is 0.000000237. The third-order valence-electron chi connectivity index (χ3n) is 24.3. The molecule has 1 heterocycles. The minimum Gasteiger partial charge on any atom is -0.744 e. The second kappa shape index (κ2) is 43.8. The van der Waals surface area contributed by atoms with Crippen LogP contribution in [0.25, 0.3) is 0 Å². The Labute approximate surface area is 778 Å². The molecule has 22 nitrogen and oxygen atoms in total. The molecule has 0 aliphatic carbocycles. The fourth-order valence-corrected chi connectivity index (χ4v) is 29.1. The largest absolute Gasteiger partial charge is 0.744 e. The minimum absolute atomic E-state index is 0.0591. The van der Waals surface area contributed by atoms with E-state index in [1.54, 1.807) is 56.0 Å². The van der Waals surface area contributed by atoms with Gasteiger partial charge in [-0.3, -0.25) is 0 Å². The SMILES string of the molecule is CC[NH+](CC)Cc1ccc(P(c2ccc(C[NH+](CC)CC)cc2)c2cc(C)ccc2Oc2ccc(C)cc2P(c2ccc(C[NH+](CC)CC)cc2)c2ccc(C[NH+](CC)CC)cc2)cc1.COc1ccc(S(=O)(=O)[O-])cc1P(c1cc(S(=O)(=O)[O-])ccc1OC)c1cccc2c1Oc1c(P(c3cc(S(=O)(=O)[O-])ccc3OC)c3cc(S(=O)(=O)[O-])ccc3OC)cccc1C2(C)C. The first-order valence-corrected chi connectivity index (χ1v) is 54.8. The predicted octanol–water partition coefficient (Wildman–Crippen LogP) is 8.60. The Kier molecular flexibility index (Phi) is 33.6. The summed E-state index contributed by atoms with van der Waals surface area (Å²) in [5.41, 5.74) is 8.10. The summed E-state index contributed by atoms with van der Waals surface area (Å²) in [6.45, 7) is 39.7. The van der Waals surface area contributed by atoms with Crippen molar-refractivity contribution >= 4 is 136 Å². The van der Waals surface area contributed by atoms with E-state index >= 15 is 0 Å². The molecule has 0 saturated carbocycles.